The fourth-order valence-electron chi connectivity index (χ4n) is 3.87. The Bertz CT molecular complexity index is 1170. The van der Waals surface area contributed by atoms with Crippen molar-refractivity contribution in [1.82, 2.24) is 15.3 Å². The quantitative estimate of drug-likeness (QED) is 0.603. The molecule has 2 aromatic carbocycles. The molecular formula is C22H21N5O4. The van der Waals surface area contributed by atoms with E-state index in [2.05, 4.69) is 25.7 Å². The number of aromatic nitrogens is 1. The number of H-pyrrole nitrogens is 1. The summed E-state index contributed by atoms with van der Waals surface area (Å²) in [6.45, 7) is 3.77. The van der Waals surface area contributed by atoms with Gasteiger partial charge in [0.05, 0.1) is 25.0 Å². The van der Waals surface area contributed by atoms with Gasteiger partial charge in [-0.05, 0) is 24.3 Å². The molecule has 0 bridgehead atoms. The molecule has 31 heavy (non-hydrogen) atoms. The molecule has 0 atom stereocenters. The molecule has 1 saturated heterocycles. The van der Waals surface area contributed by atoms with Gasteiger partial charge in [-0.3, -0.25) is 15.0 Å². The molecule has 0 spiro atoms. The molecule has 3 heterocycles. The smallest absolute Gasteiger partial charge is 0.410 e. The monoisotopic (exact) mass is 419 g/mol. The standard InChI is InChI=1S/C22H21N5O4/c28-21-16-10-14(24-22(29)31-15-4-2-1-3-5-15)11-18-20(16)17(12-23-26-21)19(25-18)13-27-6-8-30-9-7-27/h1-5,10-12,25H,6-9,13H2,(H,24,29)(H,26,28). The molecule has 0 aliphatic carbocycles. The summed E-state index contributed by atoms with van der Waals surface area (Å²) in [4.78, 5) is 30.6. The Morgan fingerprint density at radius 3 is 2.81 bits per heavy atom. The molecular weight excluding hydrogens is 398 g/mol. The number of morpholine rings is 1. The Hall–Kier alpha value is -3.69. The molecule has 9 heteroatoms. The molecule has 9 nitrogen and oxygen atoms in total. The summed E-state index contributed by atoms with van der Waals surface area (Å²) in [5.74, 6) is 0.0947. The zero-order valence-electron chi connectivity index (χ0n) is 16.7. The van der Waals surface area contributed by atoms with Crippen molar-refractivity contribution < 1.29 is 19.1 Å². The largest absolute Gasteiger partial charge is 0.417 e. The number of amides is 2. The number of aromatic amines is 1. The summed E-state index contributed by atoms with van der Waals surface area (Å²) in [7, 11) is 0. The number of carbonyl (C=O) groups is 2. The number of benzene rings is 2. The number of para-hydroxylation sites is 1. The van der Waals surface area contributed by atoms with Crippen LogP contribution < -0.4 is 15.5 Å². The van der Waals surface area contributed by atoms with E-state index in [1.54, 1.807) is 42.6 Å². The van der Waals surface area contributed by atoms with Crippen LogP contribution in [0.5, 0.6) is 5.75 Å². The number of ether oxygens (including phenoxy) is 2. The first-order chi connectivity index (χ1) is 15.2. The van der Waals surface area contributed by atoms with E-state index < -0.39 is 6.09 Å². The van der Waals surface area contributed by atoms with E-state index >= 15 is 0 Å². The van der Waals surface area contributed by atoms with Crippen LogP contribution in [0.4, 0.5) is 10.5 Å². The Balaban J connectivity index is 1.47. The number of carbonyl (C=O) groups excluding carboxylic acids is 2. The molecule has 0 unspecified atom stereocenters. The lowest BCUT2D eigenvalue weighted by Crippen LogP contribution is -2.35. The van der Waals surface area contributed by atoms with Crippen molar-refractivity contribution in [3.05, 3.63) is 59.3 Å². The van der Waals surface area contributed by atoms with Gasteiger partial charge in [-0.1, -0.05) is 18.2 Å². The lowest BCUT2D eigenvalue weighted by Gasteiger charge is -2.26. The average Bonchev–Trinajstić information content (AvgIpc) is 3.01. The summed E-state index contributed by atoms with van der Waals surface area (Å²) in [6.07, 6.45) is 1.03. The van der Waals surface area contributed by atoms with E-state index in [4.69, 9.17) is 9.47 Å². The maximum atomic E-state index is 12.6. The van der Waals surface area contributed by atoms with Crippen molar-refractivity contribution in [2.45, 2.75) is 6.54 Å². The highest BCUT2D eigenvalue weighted by Gasteiger charge is 2.23. The first-order valence-electron chi connectivity index (χ1n) is 10.0. The summed E-state index contributed by atoms with van der Waals surface area (Å²) >= 11 is 0. The van der Waals surface area contributed by atoms with E-state index in [-0.39, 0.29) is 5.91 Å². The van der Waals surface area contributed by atoms with Crippen LogP contribution in [0.3, 0.4) is 0 Å². The van der Waals surface area contributed by atoms with Crippen molar-refractivity contribution in [3.8, 4) is 5.75 Å². The summed E-state index contributed by atoms with van der Waals surface area (Å²) in [6, 6.07) is 12.2. The fourth-order valence-corrected chi connectivity index (χ4v) is 3.87. The number of hydrazone groups is 1. The summed E-state index contributed by atoms with van der Waals surface area (Å²) in [5, 5.41) is 7.55. The van der Waals surface area contributed by atoms with Crippen LogP contribution in [-0.2, 0) is 11.3 Å². The van der Waals surface area contributed by atoms with E-state index in [0.717, 1.165) is 35.2 Å². The van der Waals surface area contributed by atoms with Crippen molar-refractivity contribution in [3.63, 3.8) is 0 Å². The van der Waals surface area contributed by atoms with Gasteiger partial charge in [-0.2, -0.15) is 5.10 Å². The summed E-state index contributed by atoms with van der Waals surface area (Å²) < 4.78 is 10.7. The number of nitrogens with one attached hydrogen (secondary N) is 3. The highest BCUT2D eigenvalue weighted by atomic mass is 16.6. The third-order valence-electron chi connectivity index (χ3n) is 5.31. The predicted octanol–water partition coefficient (Wildman–Crippen LogP) is 2.69. The van der Waals surface area contributed by atoms with Crippen LogP contribution in [0.25, 0.3) is 10.9 Å². The second-order valence-electron chi connectivity index (χ2n) is 7.38. The Labute approximate surface area is 178 Å². The second-order valence-corrected chi connectivity index (χ2v) is 7.38. The van der Waals surface area contributed by atoms with Gasteiger partial charge in [-0.25, -0.2) is 10.2 Å². The normalized spacial score (nSPS) is 16.1. The van der Waals surface area contributed by atoms with Crippen molar-refractivity contribution >= 4 is 34.8 Å². The maximum Gasteiger partial charge on any atom is 0.417 e. The first kappa shape index (κ1) is 19.3. The number of hydrogen-bond donors (Lipinski definition) is 3. The molecule has 0 radical (unpaired) electrons. The van der Waals surface area contributed by atoms with Crippen molar-refractivity contribution in [2.75, 3.05) is 31.6 Å². The Morgan fingerprint density at radius 1 is 1.19 bits per heavy atom. The number of rotatable bonds is 4. The minimum atomic E-state index is -0.636. The molecule has 1 fully saturated rings. The molecule has 0 saturated carbocycles. The van der Waals surface area contributed by atoms with Gasteiger partial charge >= 0.3 is 6.09 Å². The van der Waals surface area contributed by atoms with Crippen molar-refractivity contribution in [2.24, 2.45) is 5.10 Å². The van der Waals surface area contributed by atoms with E-state index in [1.807, 2.05) is 6.07 Å². The zero-order valence-corrected chi connectivity index (χ0v) is 16.7. The number of nitrogens with zero attached hydrogens (tertiary/aromatic N) is 2. The molecule has 2 aliphatic heterocycles. The van der Waals surface area contributed by atoms with Gasteiger partial charge in [0, 0.05) is 47.5 Å². The lowest BCUT2D eigenvalue weighted by molar-refractivity contribution is 0.0337. The minimum absolute atomic E-state index is 0.336. The van der Waals surface area contributed by atoms with Gasteiger partial charge in [0.25, 0.3) is 5.91 Å². The van der Waals surface area contributed by atoms with Crippen LogP contribution in [0.15, 0.2) is 47.6 Å². The van der Waals surface area contributed by atoms with Crippen molar-refractivity contribution in [1.29, 1.82) is 0 Å². The van der Waals surface area contributed by atoms with Crippen LogP contribution in [0.1, 0.15) is 21.6 Å². The minimum Gasteiger partial charge on any atom is -0.410 e. The lowest BCUT2D eigenvalue weighted by atomic mass is 10.0. The fraction of sp³-hybridized carbons (Fsp3) is 0.227. The third kappa shape index (κ3) is 4.00. The topological polar surface area (TPSA) is 108 Å². The zero-order chi connectivity index (χ0) is 21.2. The molecule has 2 aliphatic rings. The van der Waals surface area contributed by atoms with E-state index in [9.17, 15) is 9.59 Å². The van der Waals surface area contributed by atoms with Gasteiger partial charge in [0.2, 0.25) is 0 Å². The SMILES string of the molecule is O=C(Nc1cc2c3c(c(CN4CCOCC4)[nH]c3c1)C=NNC2=O)Oc1ccccc1. The predicted molar refractivity (Wildman–Crippen MR) is 116 cm³/mol. The second kappa shape index (κ2) is 8.21. The number of hydrogen-bond acceptors (Lipinski definition) is 6. The summed E-state index contributed by atoms with van der Waals surface area (Å²) in [5.41, 5.74) is 5.99. The molecule has 3 N–H and O–H groups in total. The molecule has 5 rings (SSSR count). The number of anilines is 1. The van der Waals surface area contributed by atoms with Crippen LogP contribution >= 0.6 is 0 Å². The van der Waals surface area contributed by atoms with Crippen LogP contribution in [0, 0.1) is 0 Å². The Kier molecular flexibility index (Phi) is 5.11. The van der Waals surface area contributed by atoms with Crippen LogP contribution in [-0.4, -0.2) is 54.4 Å². The molecule has 1 aromatic heterocycles. The van der Waals surface area contributed by atoms with E-state index in [0.29, 0.717) is 36.8 Å². The molecule has 158 valence electrons. The highest BCUT2D eigenvalue weighted by Crippen LogP contribution is 2.30. The first-order valence-corrected chi connectivity index (χ1v) is 10.0. The van der Waals surface area contributed by atoms with Gasteiger partial charge in [0.15, 0.2) is 0 Å². The average molecular weight is 419 g/mol. The Morgan fingerprint density at radius 2 is 2.00 bits per heavy atom. The molecule has 2 amide bonds. The van der Waals surface area contributed by atoms with Gasteiger partial charge in [-0.15, -0.1) is 0 Å². The third-order valence-corrected chi connectivity index (χ3v) is 5.31. The van der Waals surface area contributed by atoms with Crippen LogP contribution in [0.2, 0.25) is 0 Å². The van der Waals surface area contributed by atoms with Gasteiger partial charge < -0.3 is 14.5 Å². The molecule has 3 aromatic rings. The maximum absolute atomic E-state index is 12.6. The highest BCUT2D eigenvalue weighted by molar-refractivity contribution is 6.16. The van der Waals surface area contributed by atoms with E-state index in [1.165, 1.54) is 0 Å². The van der Waals surface area contributed by atoms with Gasteiger partial charge in [0.1, 0.15) is 5.75 Å².